The molecule has 0 aromatic carbocycles. The first kappa shape index (κ1) is 17.6. The van der Waals surface area contributed by atoms with Gasteiger partial charge in [0.1, 0.15) is 11.6 Å². The number of carbonyl (C=O) groups is 2. The summed E-state index contributed by atoms with van der Waals surface area (Å²) >= 11 is 0. The van der Waals surface area contributed by atoms with Crippen LogP contribution in [-0.4, -0.2) is 69.0 Å². The number of carboxylic acid groups (broad SMARTS) is 1. The Balaban J connectivity index is 1.67. The summed E-state index contributed by atoms with van der Waals surface area (Å²) in [6.45, 7) is 4.69. The van der Waals surface area contributed by atoms with E-state index < -0.39 is 17.6 Å². The van der Waals surface area contributed by atoms with Gasteiger partial charge in [-0.2, -0.15) is 0 Å². The van der Waals surface area contributed by atoms with E-state index in [1.54, 1.807) is 4.90 Å². The zero-order valence-electron chi connectivity index (χ0n) is 14.4. The van der Waals surface area contributed by atoms with E-state index >= 15 is 0 Å². The van der Waals surface area contributed by atoms with E-state index in [9.17, 15) is 19.5 Å². The molecule has 2 N–H and O–H groups in total. The molecule has 0 bridgehead atoms. The van der Waals surface area contributed by atoms with Crippen molar-refractivity contribution in [1.29, 1.82) is 0 Å². The highest BCUT2D eigenvalue weighted by Gasteiger charge is 2.48. The van der Waals surface area contributed by atoms with Crippen LogP contribution in [-0.2, 0) is 4.79 Å². The van der Waals surface area contributed by atoms with Crippen molar-refractivity contribution in [3.63, 3.8) is 0 Å². The highest BCUT2D eigenvalue weighted by molar-refractivity contribution is 5.93. The predicted molar refractivity (Wildman–Crippen MR) is 90.3 cm³/mol. The van der Waals surface area contributed by atoms with E-state index in [1.165, 1.54) is 12.5 Å². The quantitative estimate of drug-likeness (QED) is 0.823. The zero-order chi connectivity index (χ0) is 18.0. The van der Waals surface area contributed by atoms with Crippen molar-refractivity contribution in [3.8, 4) is 0 Å². The first-order valence-corrected chi connectivity index (χ1v) is 8.74. The van der Waals surface area contributed by atoms with E-state index in [0.717, 1.165) is 32.4 Å². The van der Waals surface area contributed by atoms with Gasteiger partial charge in [-0.1, -0.05) is 6.92 Å². The first-order chi connectivity index (χ1) is 12.0. The number of carboxylic acids is 1. The number of hydrogen-bond donors (Lipinski definition) is 2. The number of piperidine rings is 1. The van der Waals surface area contributed by atoms with Crippen LogP contribution in [0.1, 0.15) is 43.0 Å². The smallest absolute Gasteiger partial charge is 0.320 e. The maximum atomic E-state index is 12.5. The van der Waals surface area contributed by atoms with Gasteiger partial charge in [-0.05, 0) is 37.6 Å². The van der Waals surface area contributed by atoms with E-state index in [-0.39, 0.29) is 16.9 Å². The second kappa shape index (κ2) is 6.95. The van der Waals surface area contributed by atoms with Crippen LogP contribution < -0.4 is 5.56 Å². The minimum atomic E-state index is -0.759. The third kappa shape index (κ3) is 3.44. The normalized spacial score (nSPS) is 23.1. The third-order valence-corrected chi connectivity index (χ3v) is 5.46. The number of nitrogens with zero attached hydrogens (tertiary/aromatic N) is 3. The zero-order valence-corrected chi connectivity index (χ0v) is 14.4. The van der Waals surface area contributed by atoms with Crippen molar-refractivity contribution in [1.82, 2.24) is 19.8 Å². The molecule has 8 heteroatoms. The van der Waals surface area contributed by atoms with Gasteiger partial charge in [0.25, 0.3) is 11.5 Å². The molecule has 1 unspecified atom stereocenters. The summed E-state index contributed by atoms with van der Waals surface area (Å²) in [5.74, 6) is -1.06. The molecule has 2 fully saturated rings. The molecule has 2 saturated heterocycles. The van der Waals surface area contributed by atoms with E-state index in [1.807, 2.05) is 0 Å². The van der Waals surface area contributed by atoms with Crippen molar-refractivity contribution in [3.05, 3.63) is 28.4 Å². The maximum Gasteiger partial charge on any atom is 0.320 e. The van der Waals surface area contributed by atoms with Gasteiger partial charge in [0.15, 0.2) is 0 Å². The molecule has 1 atom stereocenters. The van der Waals surface area contributed by atoms with Crippen LogP contribution in [0, 0.1) is 5.41 Å². The molecule has 0 aliphatic carbocycles. The Morgan fingerprint density at radius 1 is 1.40 bits per heavy atom. The number of rotatable bonds is 4. The molecule has 2 aliphatic heterocycles. The number of carbonyl (C=O) groups excluding carboxylic acids is 1. The number of amides is 1. The molecule has 1 amide bonds. The molecule has 1 aromatic rings. The predicted octanol–water partition coefficient (Wildman–Crippen LogP) is 0.561. The lowest BCUT2D eigenvalue weighted by molar-refractivity contribution is -0.142. The molecule has 0 saturated carbocycles. The average molecular weight is 348 g/mol. The number of aromatic amines is 1. The van der Waals surface area contributed by atoms with Crippen molar-refractivity contribution >= 4 is 11.9 Å². The fourth-order valence-corrected chi connectivity index (χ4v) is 4.12. The van der Waals surface area contributed by atoms with Gasteiger partial charge < -0.3 is 15.0 Å². The van der Waals surface area contributed by atoms with Gasteiger partial charge >= 0.3 is 5.97 Å². The topological polar surface area (TPSA) is 107 Å². The van der Waals surface area contributed by atoms with Gasteiger partial charge in [0.05, 0.1) is 6.33 Å². The Hall–Kier alpha value is -2.22. The SMILES string of the molecule is CCCN1CC2(CCN(C(=O)c3cnc[nH]c3=O)CC2)CC1C(=O)O. The highest BCUT2D eigenvalue weighted by atomic mass is 16.4. The summed E-state index contributed by atoms with van der Waals surface area (Å²) in [6.07, 6.45) is 5.65. The van der Waals surface area contributed by atoms with Crippen LogP contribution in [0.25, 0.3) is 0 Å². The largest absolute Gasteiger partial charge is 0.480 e. The summed E-state index contributed by atoms with van der Waals surface area (Å²) < 4.78 is 0. The molecule has 3 rings (SSSR count). The number of aliphatic carboxylic acids is 1. The Kier molecular flexibility index (Phi) is 4.89. The van der Waals surface area contributed by atoms with Gasteiger partial charge in [0, 0.05) is 25.8 Å². The fraction of sp³-hybridized carbons (Fsp3) is 0.647. The van der Waals surface area contributed by atoms with Crippen molar-refractivity contribution in [2.45, 2.75) is 38.6 Å². The summed E-state index contributed by atoms with van der Waals surface area (Å²) in [4.78, 5) is 45.8. The Morgan fingerprint density at radius 2 is 2.12 bits per heavy atom. The molecular weight excluding hydrogens is 324 g/mol. The van der Waals surface area contributed by atoms with Crippen LogP contribution in [0.5, 0.6) is 0 Å². The molecular formula is C17H24N4O4. The fourth-order valence-electron chi connectivity index (χ4n) is 4.12. The second-order valence-corrected chi connectivity index (χ2v) is 7.12. The maximum absolute atomic E-state index is 12.5. The molecule has 136 valence electrons. The van der Waals surface area contributed by atoms with Crippen LogP contribution in [0.3, 0.4) is 0 Å². The molecule has 1 aromatic heterocycles. The summed E-state index contributed by atoms with van der Waals surface area (Å²) in [5, 5.41) is 9.49. The first-order valence-electron chi connectivity index (χ1n) is 8.74. The van der Waals surface area contributed by atoms with Gasteiger partial charge in [0.2, 0.25) is 0 Å². The lowest BCUT2D eigenvalue weighted by Crippen LogP contribution is -2.45. The molecule has 8 nitrogen and oxygen atoms in total. The molecule has 25 heavy (non-hydrogen) atoms. The molecule has 2 aliphatic rings. The number of H-pyrrole nitrogens is 1. The van der Waals surface area contributed by atoms with Crippen molar-refractivity contribution in [2.24, 2.45) is 5.41 Å². The van der Waals surface area contributed by atoms with Crippen LogP contribution in [0.4, 0.5) is 0 Å². The Bertz CT molecular complexity index is 709. The number of likely N-dealkylation sites (tertiary alicyclic amines) is 2. The van der Waals surface area contributed by atoms with E-state index in [4.69, 9.17) is 0 Å². The van der Waals surface area contributed by atoms with E-state index in [2.05, 4.69) is 21.8 Å². The highest BCUT2D eigenvalue weighted by Crippen LogP contribution is 2.43. The average Bonchev–Trinajstić information content (AvgIpc) is 2.94. The van der Waals surface area contributed by atoms with Gasteiger partial charge in [-0.25, -0.2) is 4.98 Å². The summed E-state index contributed by atoms with van der Waals surface area (Å²) in [7, 11) is 0. The number of nitrogens with one attached hydrogen (secondary N) is 1. The third-order valence-electron chi connectivity index (χ3n) is 5.46. The van der Waals surface area contributed by atoms with Crippen molar-refractivity contribution < 1.29 is 14.7 Å². The summed E-state index contributed by atoms with van der Waals surface area (Å²) in [6, 6.07) is -0.427. The van der Waals surface area contributed by atoms with Crippen LogP contribution in [0.2, 0.25) is 0 Å². The number of hydrogen-bond acceptors (Lipinski definition) is 5. The minimum Gasteiger partial charge on any atom is -0.480 e. The Morgan fingerprint density at radius 3 is 2.72 bits per heavy atom. The lowest BCUT2D eigenvalue weighted by atomic mass is 9.76. The lowest BCUT2D eigenvalue weighted by Gasteiger charge is -2.39. The van der Waals surface area contributed by atoms with Gasteiger partial charge in [-0.3, -0.25) is 19.3 Å². The van der Waals surface area contributed by atoms with Gasteiger partial charge in [-0.15, -0.1) is 0 Å². The molecule has 3 heterocycles. The monoisotopic (exact) mass is 348 g/mol. The molecule has 0 radical (unpaired) electrons. The summed E-state index contributed by atoms with van der Waals surface area (Å²) in [5.41, 5.74) is -0.418. The van der Waals surface area contributed by atoms with Crippen LogP contribution in [0.15, 0.2) is 17.3 Å². The number of aromatic nitrogens is 2. The van der Waals surface area contributed by atoms with Crippen molar-refractivity contribution in [2.75, 3.05) is 26.2 Å². The molecule has 1 spiro atoms. The van der Waals surface area contributed by atoms with E-state index in [0.29, 0.717) is 19.5 Å². The standard InChI is InChI=1S/C17H24N4O4/c1-2-5-21-10-17(8-13(21)16(24)25)3-6-20(7-4-17)15(23)12-9-18-11-19-14(12)22/h9,11,13H,2-8,10H2,1H3,(H,24,25)(H,18,19,22). The van der Waals surface area contributed by atoms with Crippen LogP contribution >= 0.6 is 0 Å². The Labute approximate surface area is 145 Å². The second-order valence-electron chi connectivity index (χ2n) is 7.12. The minimum absolute atomic E-state index is 0.0453.